The number of piperazine rings is 1. The van der Waals surface area contributed by atoms with Crippen LogP contribution in [-0.2, 0) is 6.54 Å². The number of methoxy groups -OCH3 is 1. The molecular formula is C27H26N4O2. The van der Waals surface area contributed by atoms with Gasteiger partial charge in [-0.15, -0.1) is 0 Å². The molecule has 4 aromatic rings. The van der Waals surface area contributed by atoms with E-state index in [2.05, 4.69) is 34.1 Å². The largest absolute Gasteiger partial charge is 0.497 e. The molecule has 5 rings (SSSR count). The lowest BCUT2D eigenvalue weighted by Crippen LogP contribution is -2.48. The molecule has 1 amide bonds. The first-order valence-electron chi connectivity index (χ1n) is 11.2. The highest BCUT2D eigenvalue weighted by Gasteiger charge is 2.23. The fourth-order valence-corrected chi connectivity index (χ4v) is 4.26. The summed E-state index contributed by atoms with van der Waals surface area (Å²) < 4.78 is 5.27. The van der Waals surface area contributed by atoms with Crippen LogP contribution in [0.15, 0.2) is 79.1 Å². The van der Waals surface area contributed by atoms with Gasteiger partial charge >= 0.3 is 0 Å². The van der Waals surface area contributed by atoms with Crippen LogP contribution in [0.5, 0.6) is 5.75 Å². The number of nitrogens with zero attached hydrogens (tertiary/aromatic N) is 4. The Hall–Kier alpha value is -3.77. The van der Waals surface area contributed by atoms with Crippen LogP contribution in [0.1, 0.15) is 16.1 Å². The number of pyridine rings is 2. The fraction of sp³-hybridized carbons (Fsp3) is 0.222. The number of benzene rings is 2. The van der Waals surface area contributed by atoms with Crippen LogP contribution >= 0.6 is 0 Å². The van der Waals surface area contributed by atoms with Gasteiger partial charge in [-0.2, -0.15) is 0 Å². The van der Waals surface area contributed by atoms with Crippen LogP contribution in [0.4, 0.5) is 0 Å². The van der Waals surface area contributed by atoms with Crippen molar-refractivity contribution in [3.63, 3.8) is 0 Å². The molecule has 33 heavy (non-hydrogen) atoms. The lowest BCUT2D eigenvalue weighted by molar-refractivity contribution is 0.0623. The van der Waals surface area contributed by atoms with Crippen molar-refractivity contribution in [3.05, 3.63) is 90.4 Å². The van der Waals surface area contributed by atoms with Crippen LogP contribution in [-0.4, -0.2) is 59.0 Å². The Morgan fingerprint density at radius 1 is 0.909 bits per heavy atom. The number of ether oxygens (including phenoxy) is 1. The van der Waals surface area contributed by atoms with Gasteiger partial charge in [-0.05, 0) is 35.4 Å². The molecule has 0 unspecified atom stereocenters. The maximum atomic E-state index is 13.3. The number of rotatable bonds is 5. The van der Waals surface area contributed by atoms with Gasteiger partial charge in [0.05, 0.1) is 12.6 Å². The number of amides is 1. The topological polar surface area (TPSA) is 58.6 Å². The first-order valence-corrected chi connectivity index (χ1v) is 11.2. The molecule has 0 aliphatic carbocycles. The van der Waals surface area contributed by atoms with Crippen molar-refractivity contribution in [1.29, 1.82) is 0 Å². The zero-order chi connectivity index (χ0) is 22.6. The summed E-state index contributed by atoms with van der Waals surface area (Å²) in [5.41, 5.74) is 4.44. The van der Waals surface area contributed by atoms with Gasteiger partial charge in [-0.25, -0.2) is 4.98 Å². The minimum Gasteiger partial charge on any atom is -0.497 e. The first-order chi connectivity index (χ1) is 16.2. The summed E-state index contributed by atoms with van der Waals surface area (Å²) in [5.74, 6) is 0.774. The highest BCUT2D eigenvalue weighted by Crippen LogP contribution is 2.28. The van der Waals surface area contributed by atoms with Crippen molar-refractivity contribution in [1.82, 2.24) is 19.8 Å². The van der Waals surface area contributed by atoms with E-state index in [1.54, 1.807) is 25.6 Å². The minimum atomic E-state index is -0.0197. The summed E-state index contributed by atoms with van der Waals surface area (Å²) in [5, 5.41) is 0.910. The Bertz CT molecular complexity index is 1250. The Balaban J connectivity index is 1.34. The lowest BCUT2D eigenvalue weighted by Gasteiger charge is -2.34. The molecule has 0 spiro atoms. The summed E-state index contributed by atoms with van der Waals surface area (Å²) in [6, 6.07) is 22.0. The summed E-state index contributed by atoms with van der Waals surface area (Å²) >= 11 is 0. The van der Waals surface area contributed by atoms with Crippen molar-refractivity contribution >= 4 is 16.8 Å². The van der Waals surface area contributed by atoms with Gasteiger partial charge in [0.15, 0.2) is 0 Å². The third-order valence-electron chi connectivity index (χ3n) is 6.13. The van der Waals surface area contributed by atoms with E-state index in [0.29, 0.717) is 18.8 Å². The standard InChI is InChI=1S/C27H26N4O2/c1-33-23-10-7-21(8-11-23)24-18-28-17-22-9-12-25(29-26(22)24)27(32)31-15-13-30(14-16-31)19-20-5-3-2-4-6-20/h2-12,17-18H,13-16,19H2,1H3. The van der Waals surface area contributed by atoms with Gasteiger partial charge in [0.25, 0.3) is 5.91 Å². The molecule has 166 valence electrons. The minimum absolute atomic E-state index is 0.0197. The summed E-state index contributed by atoms with van der Waals surface area (Å²) in [4.78, 5) is 26.7. The second kappa shape index (κ2) is 9.38. The van der Waals surface area contributed by atoms with E-state index in [9.17, 15) is 4.79 Å². The molecule has 1 aliphatic heterocycles. The maximum Gasteiger partial charge on any atom is 0.272 e. The van der Waals surface area contributed by atoms with Crippen LogP contribution in [0.25, 0.3) is 22.0 Å². The highest BCUT2D eigenvalue weighted by molar-refractivity contribution is 5.98. The molecular weight excluding hydrogens is 412 g/mol. The van der Waals surface area contributed by atoms with E-state index in [4.69, 9.17) is 9.72 Å². The Morgan fingerprint density at radius 3 is 2.39 bits per heavy atom. The zero-order valence-corrected chi connectivity index (χ0v) is 18.6. The molecule has 0 bridgehead atoms. The van der Waals surface area contributed by atoms with Crippen molar-refractivity contribution in [2.45, 2.75) is 6.54 Å². The average molecular weight is 439 g/mol. The molecule has 0 atom stereocenters. The molecule has 0 saturated carbocycles. The van der Waals surface area contributed by atoms with Gasteiger partial charge in [0, 0.05) is 56.1 Å². The van der Waals surface area contributed by atoms with E-state index in [0.717, 1.165) is 47.4 Å². The molecule has 0 radical (unpaired) electrons. The third-order valence-corrected chi connectivity index (χ3v) is 6.13. The van der Waals surface area contributed by atoms with Crippen LogP contribution in [0, 0.1) is 0 Å². The molecule has 6 nitrogen and oxygen atoms in total. The molecule has 1 fully saturated rings. The smallest absolute Gasteiger partial charge is 0.272 e. The molecule has 0 N–H and O–H groups in total. The molecule has 6 heteroatoms. The highest BCUT2D eigenvalue weighted by atomic mass is 16.5. The number of fused-ring (bicyclic) bond motifs is 1. The van der Waals surface area contributed by atoms with E-state index in [1.807, 2.05) is 41.3 Å². The van der Waals surface area contributed by atoms with Crippen molar-refractivity contribution < 1.29 is 9.53 Å². The Kier molecular flexibility index (Phi) is 6.00. The normalized spacial score (nSPS) is 14.4. The number of hydrogen-bond donors (Lipinski definition) is 0. The average Bonchev–Trinajstić information content (AvgIpc) is 2.89. The monoisotopic (exact) mass is 438 g/mol. The second-order valence-electron chi connectivity index (χ2n) is 8.24. The first kappa shape index (κ1) is 21.1. The van der Waals surface area contributed by atoms with Gasteiger partial charge in [0.1, 0.15) is 11.4 Å². The van der Waals surface area contributed by atoms with Gasteiger partial charge < -0.3 is 9.64 Å². The van der Waals surface area contributed by atoms with Crippen molar-refractivity contribution in [3.8, 4) is 16.9 Å². The SMILES string of the molecule is COc1ccc(-c2cncc3ccc(C(=O)N4CCN(Cc5ccccc5)CC4)nc23)cc1. The molecule has 1 saturated heterocycles. The Labute approximate surface area is 193 Å². The van der Waals surface area contributed by atoms with Crippen LogP contribution < -0.4 is 4.74 Å². The second-order valence-corrected chi connectivity index (χ2v) is 8.24. The lowest BCUT2D eigenvalue weighted by atomic mass is 10.0. The van der Waals surface area contributed by atoms with E-state index >= 15 is 0 Å². The van der Waals surface area contributed by atoms with Crippen LogP contribution in [0.2, 0.25) is 0 Å². The van der Waals surface area contributed by atoms with Gasteiger partial charge in [-0.3, -0.25) is 14.7 Å². The van der Waals surface area contributed by atoms with Gasteiger partial charge in [-0.1, -0.05) is 42.5 Å². The maximum absolute atomic E-state index is 13.3. The third kappa shape index (κ3) is 4.56. The molecule has 3 heterocycles. The number of hydrogen-bond acceptors (Lipinski definition) is 5. The summed E-state index contributed by atoms with van der Waals surface area (Å²) in [6.45, 7) is 4.03. The predicted octanol–water partition coefficient (Wildman–Crippen LogP) is 4.26. The molecule has 2 aromatic carbocycles. The van der Waals surface area contributed by atoms with Crippen LogP contribution in [0.3, 0.4) is 0 Å². The summed E-state index contributed by atoms with van der Waals surface area (Å²) in [7, 11) is 1.65. The number of carbonyl (C=O) groups excluding carboxylic acids is 1. The van der Waals surface area contributed by atoms with Crippen molar-refractivity contribution in [2.24, 2.45) is 0 Å². The van der Waals surface area contributed by atoms with Gasteiger partial charge in [0.2, 0.25) is 0 Å². The molecule has 2 aromatic heterocycles. The van der Waals surface area contributed by atoms with E-state index in [-0.39, 0.29) is 5.91 Å². The quantitative estimate of drug-likeness (QED) is 0.466. The fourth-order valence-electron chi connectivity index (χ4n) is 4.26. The molecule has 1 aliphatic rings. The van der Waals surface area contributed by atoms with E-state index < -0.39 is 0 Å². The van der Waals surface area contributed by atoms with Crippen molar-refractivity contribution in [2.75, 3.05) is 33.3 Å². The Morgan fingerprint density at radius 2 is 1.67 bits per heavy atom. The number of carbonyl (C=O) groups is 1. The zero-order valence-electron chi connectivity index (χ0n) is 18.6. The number of aromatic nitrogens is 2. The summed E-state index contributed by atoms with van der Waals surface area (Å²) in [6.07, 6.45) is 3.58. The predicted molar refractivity (Wildman–Crippen MR) is 129 cm³/mol. The van der Waals surface area contributed by atoms with E-state index in [1.165, 1.54) is 5.56 Å².